The predicted octanol–water partition coefficient (Wildman–Crippen LogP) is 2.71. The van der Waals surface area contributed by atoms with Gasteiger partial charge in [0, 0.05) is 12.2 Å². The maximum Gasteiger partial charge on any atom is 0.335 e. The van der Waals surface area contributed by atoms with Gasteiger partial charge in [-0.2, -0.15) is 0 Å². The lowest BCUT2D eigenvalue weighted by atomic mass is 10.1. The van der Waals surface area contributed by atoms with Gasteiger partial charge >= 0.3 is 5.97 Å². The van der Waals surface area contributed by atoms with E-state index in [4.69, 9.17) is 5.11 Å². The molecule has 21 heavy (non-hydrogen) atoms. The van der Waals surface area contributed by atoms with Crippen LogP contribution >= 0.6 is 11.8 Å². The van der Waals surface area contributed by atoms with E-state index in [1.54, 1.807) is 0 Å². The zero-order valence-corrected chi connectivity index (χ0v) is 12.7. The Balaban J connectivity index is 1.80. The van der Waals surface area contributed by atoms with E-state index < -0.39 is 5.97 Å². The zero-order valence-electron chi connectivity index (χ0n) is 11.9. The molecule has 1 heterocycles. The Morgan fingerprint density at radius 1 is 1.29 bits per heavy atom. The molecule has 0 spiro atoms. The third kappa shape index (κ3) is 5.38. The summed E-state index contributed by atoms with van der Waals surface area (Å²) in [6.07, 6.45) is 8.45. The van der Waals surface area contributed by atoms with Gasteiger partial charge in [0.25, 0.3) is 0 Å². The largest absolute Gasteiger partial charge is 0.478 e. The van der Waals surface area contributed by atoms with Gasteiger partial charge in [0.1, 0.15) is 0 Å². The number of carboxylic acid groups (broad SMARTS) is 1. The van der Waals surface area contributed by atoms with Crippen LogP contribution in [-0.2, 0) is 4.79 Å². The van der Waals surface area contributed by atoms with E-state index in [2.05, 4.69) is 10.3 Å². The fraction of sp³-hybridized carbons (Fsp3) is 0.533. The fourth-order valence-corrected chi connectivity index (χ4v) is 3.16. The SMILES string of the molecule is O=C(CSc1cc(C(=O)O)ccn1)NC1CCCCCC1. The topological polar surface area (TPSA) is 79.3 Å². The minimum Gasteiger partial charge on any atom is -0.478 e. The lowest BCUT2D eigenvalue weighted by Gasteiger charge is -2.15. The van der Waals surface area contributed by atoms with Gasteiger partial charge < -0.3 is 10.4 Å². The summed E-state index contributed by atoms with van der Waals surface area (Å²) in [5.74, 6) is -0.719. The highest BCUT2D eigenvalue weighted by Crippen LogP contribution is 2.19. The molecule has 2 N–H and O–H groups in total. The first kappa shape index (κ1) is 15.8. The molecule has 0 saturated heterocycles. The molecule has 114 valence electrons. The van der Waals surface area contributed by atoms with Gasteiger partial charge in [0.2, 0.25) is 5.91 Å². The standard InChI is InChI=1S/C15H20N2O3S/c18-13(17-12-5-3-1-2-4-6-12)10-21-14-9-11(15(19)20)7-8-16-14/h7-9,12H,1-6,10H2,(H,17,18)(H,19,20). The Bertz CT molecular complexity index is 499. The lowest BCUT2D eigenvalue weighted by molar-refractivity contribution is -0.119. The van der Waals surface area contributed by atoms with Crippen LogP contribution < -0.4 is 5.32 Å². The number of carbonyl (C=O) groups is 2. The number of rotatable bonds is 5. The van der Waals surface area contributed by atoms with Crippen LogP contribution in [0, 0.1) is 0 Å². The summed E-state index contributed by atoms with van der Waals surface area (Å²) < 4.78 is 0. The third-order valence-corrected chi connectivity index (χ3v) is 4.48. The number of carbonyl (C=O) groups excluding carboxylic acids is 1. The third-order valence-electron chi connectivity index (χ3n) is 3.55. The number of aromatic nitrogens is 1. The van der Waals surface area contributed by atoms with E-state index in [0.717, 1.165) is 12.8 Å². The van der Waals surface area contributed by atoms with Crippen LogP contribution in [0.15, 0.2) is 23.4 Å². The molecule has 0 bridgehead atoms. The molecule has 0 unspecified atom stereocenters. The molecule has 2 rings (SSSR count). The zero-order chi connectivity index (χ0) is 15.1. The molecule has 0 aromatic carbocycles. The normalized spacial score (nSPS) is 16.2. The first-order chi connectivity index (χ1) is 10.1. The first-order valence-electron chi connectivity index (χ1n) is 7.26. The van der Waals surface area contributed by atoms with Crippen molar-refractivity contribution < 1.29 is 14.7 Å². The van der Waals surface area contributed by atoms with Crippen LogP contribution in [0.2, 0.25) is 0 Å². The van der Waals surface area contributed by atoms with E-state index in [0.29, 0.717) is 11.1 Å². The van der Waals surface area contributed by atoms with Crippen molar-refractivity contribution >= 4 is 23.6 Å². The summed E-state index contributed by atoms with van der Waals surface area (Å²) in [6.45, 7) is 0. The molecular weight excluding hydrogens is 288 g/mol. The number of aromatic carboxylic acids is 1. The highest BCUT2D eigenvalue weighted by atomic mass is 32.2. The van der Waals surface area contributed by atoms with Crippen molar-refractivity contribution in [3.8, 4) is 0 Å². The van der Waals surface area contributed by atoms with Crippen LogP contribution in [0.25, 0.3) is 0 Å². The maximum atomic E-state index is 11.9. The number of hydrogen-bond acceptors (Lipinski definition) is 4. The highest BCUT2D eigenvalue weighted by Gasteiger charge is 2.15. The number of nitrogens with zero attached hydrogens (tertiary/aromatic N) is 1. The Labute approximate surface area is 128 Å². The molecule has 1 aliphatic carbocycles. The Kier molecular flexibility index (Phi) is 6.04. The molecule has 0 radical (unpaired) electrons. The van der Waals surface area contributed by atoms with Crippen molar-refractivity contribution in [3.05, 3.63) is 23.9 Å². The molecule has 1 aliphatic rings. The Hall–Kier alpha value is -1.56. The smallest absolute Gasteiger partial charge is 0.335 e. The molecule has 0 aliphatic heterocycles. The van der Waals surface area contributed by atoms with Crippen LogP contribution in [0.1, 0.15) is 48.9 Å². The van der Waals surface area contributed by atoms with Gasteiger partial charge in [0.05, 0.1) is 16.3 Å². The summed E-state index contributed by atoms with van der Waals surface area (Å²) >= 11 is 1.27. The van der Waals surface area contributed by atoms with Crippen molar-refractivity contribution in [1.82, 2.24) is 10.3 Å². The van der Waals surface area contributed by atoms with E-state index in [-0.39, 0.29) is 17.2 Å². The molecule has 6 heteroatoms. The molecule has 0 atom stereocenters. The Morgan fingerprint density at radius 2 is 2.00 bits per heavy atom. The van der Waals surface area contributed by atoms with Crippen molar-refractivity contribution in [2.24, 2.45) is 0 Å². The van der Waals surface area contributed by atoms with Crippen molar-refractivity contribution in [1.29, 1.82) is 0 Å². The first-order valence-corrected chi connectivity index (χ1v) is 8.25. The maximum absolute atomic E-state index is 11.9. The second-order valence-electron chi connectivity index (χ2n) is 5.23. The van der Waals surface area contributed by atoms with Crippen molar-refractivity contribution in [2.75, 3.05) is 5.75 Å². The molecule has 5 nitrogen and oxygen atoms in total. The Morgan fingerprint density at radius 3 is 2.67 bits per heavy atom. The number of hydrogen-bond donors (Lipinski definition) is 2. The van der Waals surface area contributed by atoms with E-state index >= 15 is 0 Å². The van der Waals surface area contributed by atoms with E-state index in [1.807, 2.05) is 0 Å². The second-order valence-corrected chi connectivity index (χ2v) is 6.23. The van der Waals surface area contributed by atoms with Gasteiger partial charge in [-0.25, -0.2) is 9.78 Å². The average molecular weight is 308 g/mol. The number of pyridine rings is 1. The van der Waals surface area contributed by atoms with Gasteiger partial charge in [-0.15, -0.1) is 0 Å². The molecule has 1 aromatic heterocycles. The van der Waals surface area contributed by atoms with E-state index in [9.17, 15) is 9.59 Å². The minimum atomic E-state index is -0.984. The van der Waals surface area contributed by atoms with Gasteiger partial charge in [0.15, 0.2) is 0 Å². The van der Waals surface area contributed by atoms with Crippen LogP contribution in [0.5, 0.6) is 0 Å². The van der Waals surface area contributed by atoms with Gasteiger partial charge in [-0.05, 0) is 25.0 Å². The number of carboxylic acids is 1. The van der Waals surface area contributed by atoms with Gasteiger partial charge in [-0.3, -0.25) is 4.79 Å². The number of nitrogens with one attached hydrogen (secondary N) is 1. The predicted molar refractivity (Wildman–Crippen MR) is 81.6 cm³/mol. The van der Waals surface area contributed by atoms with Crippen LogP contribution in [0.3, 0.4) is 0 Å². The quantitative estimate of drug-likeness (QED) is 0.646. The molecular formula is C15H20N2O3S. The van der Waals surface area contributed by atoms with E-state index in [1.165, 1.54) is 55.8 Å². The summed E-state index contributed by atoms with van der Waals surface area (Å²) in [6, 6.07) is 3.23. The molecule has 1 saturated carbocycles. The lowest BCUT2D eigenvalue weighted by Crippen LogP contribution is -2.35. The summed E-state index contributed by atoms with van der Waals surface area (Å²) in [5.41, 5.74) is 0.191. The molecule has 1 aromatic rings. The number of amides is 1. The van der Waals surface area contributed by atoms with Crippen molar-refractivity contribution in [3.63, 3.8) is 0 Å². The highest BCUT2D eigenvalue weighted by molar-refractivity contribution is 7.99. The second kappa shape index (κ2) is 8.02. The van der Waals surface area contributed by atoms with Crippen LogP contribution in [-0.4, -0.2) is 33.8 Å². The number of thioether (sulfide) groups is 1. The van der Waals surface area contributed by atoms with Crippen LogP contribution in [0.4, 0.5) is 0 Å². The fourth-order valence-electron chi connectivity index (χ4n) is 2.45. The van der Waals surface area contributed by atoms with Gasteiger partial charge in [-0.1, -0.05) is 37.4 Å². The average Bonchev–Trinajstić information content (AvgIpc) is 2.74. The monoisotopic (exact) mass is 308 g/mol. The summed E-state index contributed by atoms with van der Waals surface area (Å²) in [7, 11) is 0. The molecule has 1 fully saturated rings. The van der Waals surface area contributed by atoms with Crippen molar-refractivity contribution in [2.45, 2.75) is 49.6 Å². The summed E-state index contributed by atoms with van der Waals surface area (Å²) in [5, 5.41) is 12.5. The summed E-state index contributed by atoms with van der Waals surface area (Å²) in [4.78, 5) is 26.9. The minimum absolute atomic E-state index is 0.00516. The molecule has 1 amide bonds.